The third-order valence-electron chi connectivity index (χ3n) is 4.79. The molecule has 0 saturated carbocycles. The van der Waals surface area contributed by atoms with Crippen LogP contribution in [0, 0.1) is 17.8 Å². The van der Waals surface area contributed by atoms with Crippen LogP contribution in [0.3, 0.4) is 0 Å². The number of rotatable bonds is 12. The number of carbonyl (C=O) groups is 2. The van der Waals surface area contributed by atoms with Gasteiger partial charge < -0.3 is 11.6 Å². The van der Waals surface area contributed by atoms with Crippen molar-refractivity contribution in [3.8, 4) is 0 Å². The summed E-state index contributed by atoms with van der Waals surface area (Å²) in [6.07, 6.45) is 3.24. The summed E-state index contributed by atoms with van der Waals surface area (Å²) >= 11 is 0. The summed E-state index contributed by atoms with van der Waals surface area (Å²) < 4.78 is 31.3. The molecule has 0 amide bonds. The third-order valence-corrected chi connectivity index (χ3v) is 6.48. The maximum absolute atomic E-state index is 12.1. The van der Waals surface area contributed by atoms with Gasteiger partial charge in [-0.15, -0.1) is 0 Å². The van der Waals surface area contributed by atoms with Crippen LogP contribution in [-0.2, 0) is 19.7 Å². The van der Waals surface area contributed by atoms with E-state index in [0.717, 1.165) is 6.42 Å². The van der Waals surface area contributed by atoms with Gasteiger partial charge in [0.1, 0.15) is 0 Å². The molecule has 9 heteroatoms. The first-order chi connectivity index (χ1) is 11.0. The summed E-state index contributed by atoms with van der Waals surface area (Å²) in [6.45, 7) is 6.69. The zero-order chi connectivity index (χ0) is 19.1. The van der Waals surface area contributed by atoms with E-state index in [4.69, 9.17) is 0 Å². The Balaban J connectivity index is -0.00000264. The number of carboxylic acid groups (broad SMARTS) is 2. The molecule has 0 aliphatic rings. The van der Waals surface area contributed by atoms with E-state index in [9.17, 15) is 32.8 Å². The van der Waals surface area contributed by atoms with Gasteiger partial charge in [-0.2, -0.15) is 8.42 Å². The number of hydrogen-bond acceptors (Lipinski definition) is 4. The quantitative estimate of drug-likeness (QED) is 0.320. The molecule has 0 spiro atoms. The average molecular weight is 390 g/mol. The second-order valence-corrected chi connectivity index (χ2v) is 8.18. The van der Waals surface area contributed by atoms with Crippen LogP contribution in [0.15, 0.2) is 0 Å². The zero-order valence-electron chi connectivity index (χ0n) is 16.9. The molecule has 144 valence electrons. The van der Waals surface area contributed by atoms with E-state index in [1.54, 1.807) is 0 Å². The van der Waals surface area contributed by atoms with Gasteiger partial charge in [-0.1, -0.05) is 53.4 Å². The van der Waals surface area contributed by atoms with Crippen LogP contribution in [0.2, 0.25) is 0 Å². The van der Waals surface area contributed by atoms with Gasteiger partial charge in [0.05, 0.1) is 5.92 Å². The van der Waals surface area contributed by atoms with Crippen molar-refractivity contribution in [3.63, 3.8) is 0 Å². The molecule has 0 aromatic carbocycles. The molecule has 4 atom stereocenters. The summed E-state index contributed by atoms with van der Waals surface area (Å²) in [5.74, 6) is -6.77. The van der Waals surface area contributed by atoms with E-state index in [1.165, 1.54) is 13.8 Å². The van der Waals surface area contributed by atoms with Crippen molar-refractivity contribution in [1.82, 2.24) is 0 Å². The Kier molecular flexibility index (Phi) is 12.5. The first-order valence-electron chi connectivity index (χ1n) is 8.41. The molecular weight excluding hydrogens is 359 g/mol. The first kappa shape index (κ1) is 27.1. The largest absolute Gasteiger partial charge is 1.00 e. The Hall–Kier alpha value is -0.150. The number of hydrogen-bond donors (Lipinski definition) is 3. The van der Waals surface area contributed by atoms with Crippen LogP contribution in [-0.4, -0.2) is 39.9 Å². The minimum Gasteiger partial charge on any atom is -1.00 e. The Bertz CT molecular complexity index is 541. The third kappa shape index (κ3) is 6.20. The van der Waals surface area contributed by atoms with E-state index in [2.05, 4.69) is 0 Å². The number of aliphatic carboxylic acids is 2. The number of unbranched alkanes of at least 4 members (excludes halogenated alkanes) is 2. The van der Waals surface area contributed by atoms with Crippen molar-refractivity contribution >= 4 is 22.1 Å². The van der Waals surface area contributed by atoms with Gasteiger partial charge in [0.25, 0.3) is 10.1 Å². The second kappa shape index (κ2) is 11.5. The Labute approximate surface area is 174 Å². The average Bonchev–Trinajstić information content (AvgIpc) is 2.45. The predicted molar refractivity (Wildman–Crippen MR) is 91.5 cm³/mol. The summed E-state index contributed by atoms with van der Waals surface area (Å²) in [6, 6.07) is 0. The zero-order valence-corrected chi connectivity index (χ0v) is 18.7. The SMILES string of the molecule is CCCCC(C)C(C(=O)O)C(C(=O)O)(C(C)CCCC)S(=O)(=O)O.[H-].[Na+]. The van der Waals surface area contributed by atoms with Crippen molar-refractivity contribution in [1.29, 1.82) is 0 Å². The van der Waals surface area contributed by atoms with Gasteiger partial charge in [0.2, 0.25) is 4.75 Å². The summed E-state index contributed by atoms with van der Waals surface area (Å²) in [5.41, 5.74) is 0. The van der Waals surface area contributed by atoms with Crippen molar-refractivity contribution in [3.05, 3.63) is 0 Å². The standard InChI is InChI=1S/C16H30O7S.Na.H/c1-5-7-9-11(3)13(14(17)18)16(15(19)20,24(21,22)23)12(4)10-8-6-2;;/h11-13H,5-10H2,1-4H3,(H,17,18)(H,19,20)(H,21,22,23);;/q;+1;-1. The van der Waals surface area contributed by atoms with E-state index in [1.807, 2.05) is 13.8 Å². The monoisotopic (exact) mass is 390 g/mol. The molecule has 3 N–H and O–H groups in total. The molecule has 0 heterocycles. The van der Waals surface area contributed by atoms with Crippen molar-refractivity contribution < 1.29 is 63.8 Å². The molecule has 0 radical (unpaired) electrons. The van der Waals surface area contributed by atoms with Gasteiger partial charge in [-0.3, -0.25) is 14.1 Å². The van der Waals surface area contributed by atoms with Crippen LogP contribution in [0.1, 0.15) is 67.6 Å². The predicted octanol–water partition coefficient (Wildman–Crippen LogP) is 0.168. The fourth-order valence-corrected chi connectivity index (χ4v) is 4.94. The number of carboxylic acids is 2. The van der Waals surface area contributed by atoms with E-state index in [0.29, 0.717) is 25.7 Å². The Morgan fingerprint density at radius 3 is 1.80 bits per heavy atom. The molecule has 0 aliphatic carbocycles. The summed E-state index contributed by atoms with van der Waals surface area (Å²) in [5, 5.41) is 19.3. The maximum atomic E-state index is 12.1. The molecule has 0 rings (SSSR count). The smallest absolute Gasteiger partial charge is 1.00 e. The molecule has 0 fully saturated rings. The van der Waals surface area contributed by atoms with Crippen LogP contribution in [0.25, 0.3) is 0 Å². The van der Waals surface area contributed by atoms with Gasteiger partial charge in [0, 0.05) is 0 Å². The molecule has 0 bridgehead atoms. The van der Waals surface area contributed by atoms with E-state index >= 15 is 0 Å². The summed E-state index contributed by atoms with van der Waals surface area (Å²) in [7, 11) is -5.15. The maximum Gasteiger partial charge on any atom is 1.00 e. The van der Waals surface area contributed by atoms with Crippen LogP contribution in [0.4, 0.5) is 0 Å². The topological polar surface area (TPSA) is 129 Å². The van der Waals surface area contributed by atoms with Crippen LogP contribution in [0.5, 0.6) is 0 Å². The van der Waals surface area contributed by atoms with Crippen molar-refractivity contribution in [2.24, 2.45) is 17.8 Å². The van der Waals surface area contributed by atoms with Gasteiger partial charge in [-0.05, 0) is 24.7 Å². The normalized spacial score (nSPS) is 17.6. The van der Waals surface area contributed by atoms with E-state index in [-0.39, 0.29) is 37.4 Å². The minimum absolute atomic E-state index is 0. The molecule has 0 saturated heterocycles. The summed E-state index contributed by atoms with van der Waals surface area (Å²) in [4.78, 5) is 23.8. The molecular formula is C16H31NaO7S. The van der Waals surface area contributed by atoms with Crippen molar-refractivity contribution in [2.75, 3.05) is 0 Å². The Morgan fingerprint density at radius 2 is 1.48 bits per heavy atom. The second-order valence-electron chi connectivity index (χ2n) is 6.55. The fourth-order valence-electron chi connectivity index (χ4n) is 3.44. The van der Waals surface area contributed by atoms with E-state index < -0.39 is 44.6 Å². The first-order valence-corrected chi connectivity index (χ1v) is 9.85. The fraction of sp³-hybridized carbons (Fsp3) is 0.875. The molecule has 0 aliphatic heterocycles. The molecule has 0 aromatic heterocycles. The van der Waals surface area contributed by atoms with Gasteiger partial charge >= 0.3 is 41.5 Å². The minimum atomic E-state index is -5.15. The molecule has 4 unspecified atom stereocenters. The van der Waals surface area contributed by atoms with Crippen LogP contribution >= 0.6 is 0 Å². The molecule has 0 aromatic rings. The van der Waals surface area contributed by atoms with Gasteiger partial charge in [-0.25, -0.2) is 0 Å². The molecule has 25 heavy (non-hydrogen) atoms. The van der Waals surface area contributed by atoms with Crippen molar-refractivity contribution in [2.45, 2.75) is 71.0 Å². The van der Waals surface area contributed by atoms with Gasteiger partial charge in [0.15, 0.2) is 0 Å². The van der Waals surface area contributed by atoms with Crippen LogP contribution < -0.4 is 29.6 Å². The Morgan fingerprint density at radius 1 is 1.04 bits per heavy atom. The molecule has 7 nitrogen and oxygen atoms in total.